The van der Waals surface area contributed by atoms with Gasteiger partial charge in [0.2, 0.25) is 0 Å². The smallest absolute Gasteiger partial charge is 0.455 e. The number of hydrogen-bond donors (Lipinski definition) is 0. The van der Waals surface area contributed by atoms with Crippen LogP contribution >= 0.6 is 0 Å². The quantitative estimate of drug-likeness (QED) is 0.160. The van der Waals surface area contributed by atoms with Crippen molar-refractivity contribution in [1.82, 2.24) is 0 Å². The first-order valence-electron chi connectivity index (χ1n) is 19.1. The van der Waals surface area contributed by atoms with Crippen LogP contribution in [0.1, 0.15) is 72.2 Å². The minimum absolute atomic E-state index is 0.505. The number of hydrogen-bond acceptors (Lipinski definition) is 3. The van der Waals surface area contributed by atoms with Crippen LogP contribution in [-0.2, 0) is 20.1 Å². The van der Waals surface area contributed by atoms with E-state index in [9.17, 15) is 0 Å². The molecule has 0 atom stereocenters. The van der Waals surface area contributed by atoms with Crippen LogP contribution in [0.15, 0.2) is 156 Å². The van der Waals surface area contributed by atoms with Crippen molar-refractivity contribution in [2.45, 2.75) is 49.7 Å². The maximum atomic E-state index is 6.96. The second-order valence-electron chi connectivity index (χ2n) is 16.5. The highest BCUT2D eigenvalue weighted by Crippen LogP contribution is 2.68. The highest BCUT2D eigenvalue weighted by Gasteiger charge is 2.61. The molecule has 3 nitrogen and oxygen atoms in total. The Hall–Kier alpha value is -5.68. The van der Waals surface area contributed by atoms with Gasteiger partial charge in [0, 0.05) is 16.3 Å². The van der Waals surface area contributed by atoms with Crippen LogP contribution in [0, 0.1) is 0 Å². The van der Waals surface area contributed by atoms with Gasteiger partial charge in [-0.15, -0.1) is 0 Å². The van der Waals surface area contributed by atoms with E-state index in [-0.39, 0.29) is 0 Å². The number of fused-ring (bicyclic) bond motifs is 20. The first kappa shape index (κ1) is 30.8. The number of furan rings is 1. The van der Waals surface area contributed by atoms with Gasteiger partial charge in [-0.2, -0.15) is 0 Å². The highest BCUT2D eigenvalue weighted by atomic mass is 16.7. The molecule has 2 heterocycles. The summed E-state index contributed by atoms with van der Waals surface area (Å²) in [5.74, 6) is 0. The van der Waals surface area contributed by atoms with Gasteiger partial charge >= 0.3 is 7.12 Å². The number of para-hydroxylation sites is 1. The molecule has 0 amide bonds. The van der Waals surface area contributed by atoms with Crippen LogP contribution in [-0.4, -0.2) is 18.3 Å². The fourth-order valence-electron chi connectivity index (χ4n) is 10.8. The molecule has 4 heteroatoms. The predicted octanol–water partition coefficient (Wildman–Crippen LogP) is 10.9. The van der Waals surface area contributed by atoms with Gasteiger partial charge in [0.25, 0.3) is 0 Å². The molecule has 0 bridgehead atoms. The largest absolute Gasteiger partial charge is 0.495 e. The maximum Gasteiger partial charge on any atom is 0.495 e. The molecule has 12 rings (SSSR count). The second kappa shape index (κ2) is 10.1. The maximum absolute atomic E-state index is 6.96. The van der Waals surface area contributed by atoms with Gasteiger partial charge < -0.3 is 13.7 Å². The molecule has 0 N–H and O–H groups in total. The summed E-state index contributed by atoms with van der Waals surface area (Å²) in [6, 6.07) is 56.3. The van der Waals surface area contributed by atoms with Crippen molar-refractivity contribution >= 4 is 34.5 Å². The molecule has 258 valence electrons. The monoisotopic (exact) mass is 696 g/mol. The van der Waals surface area contributed by atoms with Crippen molar-refractivity contribution in [2.75, 3.05) is 0 Å². The summed E-state index contributed by atoms with van der Waals surface area (Å²) < 4.78 is 20.8. The van der Waals surface area contributed by atoms with E-state index < -0.39 is 29.2 Å². The van der Waals surface area contributed by atoms with Gasteiger partial charge in [-0.3, -0.25) is 0 Å². The third-order valence-corrected chi connectivity index (χ3v) is 13.6. The third-order valence-electron chi connectivity index (χ3n) is 13.6. The van der Waals surface area contributed by atoms with E-state index >= 15 is 0 Å². The molecule has 1 fully saturated rings. The standard InChI is InChI=1S/C50H37BO3/c1-47(2)48(3,4)54-51(53-47)42-26-15-19-34-44-41(29-28-33-32-18-7-14-27-43(32)52-46(33)44)50(45(34)42)39-24-12-10-22-37(39)49(38-23-11-13-25-40(38)50)35-20-8-5-16-30(35)31-17-6-9-21-36(31)49/h5-29H,1-4H3. The molecule has 4 aliphatic rings. The van der Waals surface area contributed by atoms with Crippen molar-refractivity contribution in [3.63, 3.8) is 0 Å². The Kier molecular flexibility index (Phi) is 5.75. The average Bonchev–Trinajstić information content (AvgIpc) is 3.88. The molecular formula is C50H37BO3. The van der Waals surface area contributed by atoms with E-state index in [2.05, 4.69) is 179 Å². The summed E-state index contributed by atoms with van der Waals surface area (Å²) in [6.07, 6.45) is 0. The molecule has 1 aromatic heterocycles. The Bertz CT molecular complexity index is 2820. The van der Waals surface area contributed by atoms with Gasteiger partial charge in [-0.1, -0.05) is 146 Å². The van der Waals surface area contributed by atoms with Crippen LogP contribution < -0.4 is 5.46 Å². The summed E-state index contributed by atoms with van der Waals surface area (Å²) in [5, 5.41) is 2.25. The van der Waals surface area contributed by atoms with Gasteiger partial charge in [0.15, 0.2) is 0 Å². The van der Waals surface area contributed by atoms with E-state index in [1.807, 2.05) is 0 Å². The topological polar surface area (TPSA) is 31.6 Å². The summed E-state index contributed by atoms with van der Waals surface area (Å²) >= 11 is 0. The minimum Gasteiger partial charge on any atom is -0.455 e. The predicted molar refractivity (Wildman–Crippen MR) is 218 cm³/mol. The lowest BCUT2D eigenvalue weighted by atomic mass is 9.51. The summed E-state index contributed by atoms with van der Waals surface area (Å²) in [5.41, 5.74) is 15.8. The minimum atomic E-state index is -0.705. The Labute approximate surface area is 315 Å². The van der Waals surface area contributed by atoms with Crippen LogP contribution in [0.4, 0.5) is 0 Å². The lowest BCUT2D eigenvalue weighted by Gasteiger charge is -2.49. The van der Waals surface area contributed by atoms with Crippen LogP contribution in [0.25, 0.3) is 44.2 Å². The highest BCUT2D eigenvalue weighted by molar-refractivity contribution is 6.63. The average molecular weight is 697 g/mol. The zero-order valence-electron chi connectivity index (χ0n) is 30.7. The molecule has 2 spiro atoms. The van der Waals surface area contributed by atoms with E-state index in [0.717, 1.165) is 38.5 Å². The van der Waals surface area contributed by atoms with Gasteiger partial charge in [0.1, 0.15) is 11.2 Å². The Balaban J connectivity index is 1.28. The fourth-order valence-corrected chi connectivity index (χ4v) is 10.8. The van der Waals surface area contributed by atoms with E-state index in [0.29, 0.717) is 0 Å². The molecule has 0 saturated carbocycles. The molecule has 1 saturated heterocycles. The van der Waals surface area contributed by atoms with Crippen molar-refractivity contribution in [1.29, 1.82) is 0 Å². The molecule has 0 unspecified atom stereocenters. The molecule has 54 heavy (non-hydrogen) atoms. The zero-order chi connectivity index (χ0) is 36.2. The Morgan fingerprint density at radius 2 is 0.907 bits per heavy atom. The Morgan fingerprint density at radius 3 is 1.52 bits per heavy atom. The number of benzene rings is 7. The van der Waals surface area contributed by atoms with Crippen LogP contribution in [0.2, 0.25) is 0 Å². The van der Waals surface area contributed by atoms with Gasteiger partial charge in [-0.05, 0) is 100 Å². The first-order chi connectivity index (χ1) is 26.3. The second-order valence-corrected chi connectivity index (χ2v) is 16.5. The zero-order valence-corrected chi connectivity index (χ0v) is 30.7. The van der Waals surface area contributed by atoms with E-state index in [1.165, 1.54) is 55.6 Å². The van der Waals surface area contributed by atoms with Crippen molar-refractivity contribution in [3.05, 3.63) is 196 Å². The van der Waals surface area contributed by atoms with E-state index in [1.54, 1.807) is 0 Å². The Morgan fingerprint density at radius 1 is 0.407 bits per heavy atom. The fraction of sp³-hybridized carbons (Fsp3) is 0.160. The van der Waals surface area contributed by atoms with Crippen molar-refractivity contribution in [3.8, 4) is 22.3 Å². The molecule has 3 aliphatic carbocycles. The molecule has 0 radical (unpaired) electrons. The molecule has 7 aromatic carbocycles. The SMILES string of the molecule is CC1(C)OB(c2cccc3c2C2(c4ccccc4C4(c5ccccc5-c5ccccc54)c4ccccc42)c2ccc4c(oc5ccccc54)c2-3)OC1(C)C. The summed E-state index contributed by atoms with van der Waals surface area (Å²) in [7, 11) is -0.564. The first-order valence-corrected chi connectivity index (χ1v) is 19.1. The molecule has 8 aromatic rings. The lowest BCUT2D eigenvalue weighted by molar-refractivity contribution is 0.00578. The molecular weight excluding hydrogens is 659 g/mol. The summed E-state index contributed by atoms with van der Waals surface area (Å²) in [6.45, 7) is 8.57. The van der Waals surface area contributed by atoms with Gasteiger partial charge in [-0.25, -0.2) is 0 Å². The lowest BCUT2D eigenvalue weighted by Crippen LogP contribution is -2.48. The van der Waals surface area contributed by atoms with Crippen molar-refractivity contribution < 1.29 is 13.7 Å². The van der Waals surface area contributed by atoms with Crippen LogP contribution in [0.5, 0.6) is 0 Å². The van der Waals surface area contributed by atoms with Crippen molar-refractivity contribution in [2.24, 2.45) is 0 Å². The van der Waals surface area contributed by atoms with E-state index in [4.69, 9.17) is 13.7 Å². The van der Waals surface area contributed by atoms with Crippen LogP contribution in [0.3, 0.4) is 0 Å². The molecule has 1 aliphatic heterocycles. The third kappa shape index (κ3) is 3.40. The normalized spacial score (nSPS) is 18.4. The summed E-state index contributed by atoms with van der Waals surface area (Å²) in [4.78, 5) is 0. The number of rotatable bonds is 1. The van der Waals surface area contributed by atoms with Gasteiger partial charge in [0.05, 0.1) is 22.0 Å².